The fourth-order valence-electron chi connectivity index (χ4n) is 2.07. The van der Waals surface area contributed by atoms with Gasteiger partial charge in [0.15, 0.2) is 0 Å². The zero-order chi connectivity index (χ0) is 10.8. The smallest absolute Gasteiger partial charge is 0.0462 e. The maximum Gasteiger partial charge on any atom is 0.0462 e. The number of hydrogen-bond acceptors (Lipinski definition) is 2. The van der Waals surface area contributed by atoms with Crippen LogP contribution in [0.4, 0.5) is 0 Å². The van der Waals surface area contributed by atoms with Crippen molar-refractivity contribution in [1.82, 2.24) is 5.32 Å². The van der Waals surface area contributed by atoms with Gasteiger partial charge in [0.1, 0.15) is 0 Å². The molecule has 0 bridgehead atoms. The Hall–Kier alpha value is -0.0800. The van der Waals surface area contributed by atoms with E-state index >= 15 is 0 Å². The van der Waals surface area contributed by atoms with Crippen molar-refractivity contribution in [2.75, 3.05) is 20.3 Å². The summed E-state index contributed by atoms with van der Waals surface area (Å²) in [6.07, 6.45) is 4.97. The van der Waals surface area contributed by atoms with Crippen LogP contribution in [0.15, 0.2) is 0 Å². The van der Waals surface area contributed by atoms with Crippen LogP contribution in [0.3, 0.4) is 0 Å². The summed E-state index contributed by atoms with van der Waals surface area (Å²) in [6.45, 7) is 8.73. The molecular weight excluding hydrogens is 174 g/mol. The van der Waals surface area contributed by atoms with Crippen LogP contribution >= 0.6 is 0 Å². The van der Waals surface area contributed by atoms with Gasteiger partial charge in [-0.25, -0.2) is 0 Å². The zero-order valence-corrected chi connectivity index (χ0v) is 10.3. The van der Waals surface area contributed by atoms with Gasteiger partial charge in [-0.15, -0.1) is 0 Å². The molecule has 0 aliphatic heterocycles. The van der Waals surface area contributed by atoms with E-state index in [0.29, 0.717) is 6.04 Å². The third-order valence-electron chi connectivity index (χ3n) is 2.95. The molecule has 0 rings (SSSR count). The molecule has 1 atom stereocenters. The Balaban J connectivity index is 3.85. The van der Waals surface area contributed by atoms with Gasteiger partial charge in [-0.05, 0) is 25.3 Å². The normalized spacial score (nSPS) is 13.5. The second kappa shape index (κ2) is 9.47. The fourth-order valence-corrected chi connectivity index (χ4v) is 2.07. The summed E-state index contributed by atoms with van der Waals surface area (Å²) < 4.78 is 5.09. The topological polar surface area (TPSA) is 21.3 Å². The first-order chi connectivity index (χ1) is 6.79. The summed E-state index contributed by atoms with van der Waals surface area (Å²) in [5.74, 6) is 0.826. The second-order valence-corrected chi connectivity index (χ2v) is 3.88. The Morgan fingerprint density at radius 3 is 2.21 bits per heavy atom. The molecule has 86 valence electrons. The molecule has 0 aromatic rings. The van der Waals surface area contributed by atoms with E-state index < -0.39 is 0 Å². The van der Waals surface area contributed by atoms with E-state index in [2.05, 4.69) is 26.1 Å². The SMILES string of the molecule is CCNC(CCCOC)C(CC)CC. The third kappa shape index (κ3) is 5.61. The Labute approximate surface area is 89.4 Å². The molecule has 2 nitrogen and oxygen atoms in total. The summed E-state index contributed by atoms with van der Waals surface area (Å²) in [7, 11) is 1.78. The van der Waals surface area contributed by atoms with Gasteiger partial charge in [0.05, 0.1) is 0 Å². The molecule has 2 heteroatoms. The highest BCUT2D eigenvalue weighted by Crippen LogP contribution is 2.17. The molecule has 0 aliphatic rings. The van der Waals surface area contributed by atoms with Crippen LogP contribution in [0.25, 0.3) is 0 Å². The minimum absolute atomic E-state index is 0.685. The van der Waals surface area contributed by atoms with Gasteiger partial charge < -0.3 is 10.1 Å². The lowest BCUT2D eigenvalue weighted by Gasteiger charge is -2.26. The van der Waals surface area contributed by atoms with Crippen molar-refractivity contribution in [3.63, 3.8) is 0 Å². The van der Waals surface area contributed by atoms with Crippen LogP contribution in [0, 0.1) is 5.92 Å². The molecule has 0 aromatic heterocycles. The summed E-state index contributed by atoms with van der Waals surface area (Å²) in [6, 6.07) is 0.685. The van der Waals surface area contributed by atoms with Gasteiger partial charge in [-0.3, -0.25) is 0 Å². The van der Waals surface area contributed by atoms with E-state index in [1.165, 1.54) is 25.7 Å². The summed E-state index contributed by atoms with van der Waals surface area (Å²) in [5, 5.41) is 3.59. The molecule has 1 N–H and O–H groups in total. The van der Waals surface area contributed by atoms with Crippen molar-refractivity contribution in [2.45, 2.75) is 52.5 Å². The maximum absolute atomic E-state index is 5.09. The summed E-state index contributed by atoms with van der Waals surface area (Å²) >= 11 is 0. The average Bonchev–Trinajstić information content (AvgIpc) is 2.20. The van der Waals surface area contributed by atoms with Crippen molar-refractivity contribution in [3.05, 3.63) is 0 Å². The lowest BCUT2D eigenvalue weighted by atomic mass is 9.91. The number of rotatable bonds is 9. The van der Waals surface area contributed by atoms with Crippen LogP contribution in [0.2, 0.25) is 0 Å². The lowest BCUT2D eigenvalue weighted by molar-refractivity contribution is 0.182. The molecule has 0 saturated carbocycles. The standard InChI is InChI=1S/C12H27NO/c1-5-11(6-2)12(13-7-3)9-8-10-14-4/h11-13H,5-10H2,1-4H3. The highest BCUT2D eigenvalue weighted by atomic mass is 16.5. The molecule has 0 heterocycles. The number of methoxy groups -OCH3 is 1. The predicted molar refractivity (Wildman–Crippen MR) is 62.6 cm³/mol. The molecule has 0 fully saturated rings. The molecule has 14 heavy (non-hydrogen) atoms. The molecule has 0 radical (unpaired) electrons. The van der Waals surface area contributed by atoms with Gasteiger partial charge in [-0.1, -0.05) is 33.6 Å². The van der Waals surface area contributed by atoms with Crippen molar-refractivity contribution in [3.8, 4) is 0 Å². The van der Waals surface area contributed by atoms with Crippen LogP contribution in [-0.2, 0) is 4.74 Å². The van der Waals surface area contributed by atoms with E-state index in [9.17, 15) is 0 Å². The first-order valence-corrected chi connectivity index (χ1v) is 6.02. The number of ether oxygens (including phenoxy) is 1. The first-order valence-electron chi connectivity index (χ1n) is 6.02. The molecule has 0 aliphatic carbocycles. The van der Waals surface area contributed by atoms with Crippen LogP contribution in [0.5, 0.6) is 0 Å². The van der Waals surface area contributed by atoms with Crippen molar-refractivity contribution in [1.29, 1.82) is 0 Å². The first kappa shape index (κ1) is 13.9. The number of nitrogens with one attached hydrogen (secondary N) is 1. The molecular formula is C12H27NO. The van der Waals surface area contributed by atoms with E-state index in [1.54, 1.807) is 7.11 Å². The predicted octanol–water partition coefficient (Wildman–Crippen LogP) is 2.83. The Bertz CT molecular complexity index is 113. The minimum Gasteiger partial charge on any atom is -0.385 e. The molecule has 0 amide bonds. The Kier molecular flexibility index (Phi) is 9.42. The fraction of sp³-hybridized carbons (Fsp3) is 1.00. The molecule has 0 aromatic carbocycles. The van der Waals surface area contributed by atoms with Gasteiger partial charge in [0.25, 0.3) is 0 Å². The number of hydrogen-bond donors (Lipinski definition) is 1. The highest BCUT2D eigenvalue weighted by Gasteiger charge is 2.16. The second-order valence-electron chi connectivity index (χ2n) is 3.88. The molecule has 1 unspecified atom stereocenters. The maximum atomic E-state index is 5.09. The summed E-state index contributed by atoms with van der Waals surface area (Å²) in [5.41, 5.74) is 0. The highest BCUT2D eigenvalue weighted by molar-refractivity contribution is 4.74. The van der Waals surface area contributed by atoms with E-state index in [1.807, 2.05) is 0 Å². The van der Waals surface area contributed by atoms with Crippen molar-refractivity contribution < 1.29 is 4.74 Å². The van der Waals surface area contributed by atoms with E-state index in [4.69, 9.17) is 4.74 Å². The molecule has 0 saturated heterocycles. The Morgan fingerprint density at radius 1 is 1.14 bits per heavy atom. The van der Waals surface area contributed by atoms with E-state index in [0.717, 1.165) is 19.1 Å². The average molecular weight is 201 g/mol. The summed E-state index contributed by atoms with van der Waals surface area (Å²) in [4.78, 5) is 0. The van der Waals surface area contributed by atoms with Crippen LogP contribution in [0.1, 0.15) is 46.5 Å². The van der Waals surface area contributed by atoms with Crippen LogP contribution < -0.4 is 5.32 Å². The van der Waals surface area contributed by atoms with E-state index in [-0.39, 0.29) is 0 Å². The third-order valence-corrected chi connectivity index (χ3v) is 2.95. The minimum atomic E-state index is 0.685. The van der Waals surface area contributed by atoms with Gasteiger partial charge >= 0.3 is 0 Å². The van der Waals surface area contributed by atoms with Crippen molar-refractivity contribution in [2.24, 2.45) is 5.92 Å². The van der Waals surface area contributed by atoms with Gasteiger partial charge in [-0.2, -0.15) is 0 Å². The largest absolute Gasteiger partial charge is 0.385 e. The van der Waals surface area contributed by atoms with Crippen molar-refractivity contribution >= 4 is 0 Å². The Morgan fingerprint density at radius 2 is 1.79 bits per heavy atom. The monoisotopic (exact) mass is 201 g/mol. The van der Waals surface area contributed by atoms with Gasteiger partial charge in [0, 0.05) is 19.8 Å². The lowest BCUT2D eigenvalue weighted by Crippen LogP contribution is -2.35. The molecule has 0 spiro atoms. The zero-order valence-electron chi connectivity index (χ0n) is 10.3. The van der Waals surface area contributed by atoms with Crippen LogP contribution in [-0.4, -0.2) is 26.3 Å². The van der Waals surface area contributed by atoms with Gasteiger partial charge in [0.2, 0.25) is 0 Å². The quantitative estimate of drug-likeness (QED) is 0.579.